The SMILES string of the molecule is COC(=O)[C@H](CSC(c1ccccc1)(c1ccccc1)c1ccccc1)NC(=O)C[C@@H](NC(=O)OCc1ccccc1)C(N)=O. The minimum absolute atomic E-state index is 0.0298. The number of methoxy groups -OCH3 is 1. The summed E-state index contributed by atoms with van der Waals surface area (Å²) in [5, 5.41) is 5.01. The van der Waals surface area contributed by atoms with Crippen molar-refractivity contribution in [3.8, 4) is 0 Å². The number of ether oxygens (including phenoxy) is 2. The van der Waals surface area contributed by atoms with Crippen LogP contribution in [0, 0.1) is 0 Å². The highest BCUT2D eigenvalue weighted by Gasteiger charge is 2.39. The molecule has 232 valence electrons. The number of benzene rings is 4. The zero-order chi connectivity index (χ0) is 32.1. The van der Waals surface area contributed by atoms with Gasteiger partial charge in [-0.05, 0) is 22.3 Å². The number of thioether (sulfide) groups is 1. The minimum atomic E-state index is -1.36. The third kappa shape index (κ3) is 8.73. The van der Waals surface area contributed by atoms with E-state index in [9.17, 15) is 19.2 Å². The van der Waals surface area contributed by atoms with Crippen molar-refractivity contribution in [1.82, 2.24) is 10.6 Å². The molecule has 0 aliphatic carbocycles. The second kappa shape index (κ2) is 16.1. The number of carbonyl (C=O) groups excluding carboxylic acids is 4. The fourth-order valence-corrected chi connectivity index (χ4v) is 6.40. The summed E-state index contributed by atoms with van der Waals surface area (Å²) in [5.74, 6) is -2.15. The van der Waals surface area contributed by atoms with Crippen molar-refractivity contribution in [2.75, 3.05) is 12.9 Å². The summed E-state index contributed by atoms with van der Waals surface area (Å²) in [6, 6.07) is 36.2. The monoisotopic (exact) mass is 625 g/mol. The molecule has 45 heavy (non-hydrogen) atoms. The maximum absolute atomic E-state index is 13.2. The van der Waals surface area contributed by atoms with E-state index in [0.717, 1.165) is 22.3 Å². The van der Waals surface area contributed by atoms with Crippen LogP contribution in [0.5, 0.6) is 0 Å². The summed E-state index contributed by atoms with van der Waals surface area (Å²) >= 11 is 1.47. The van der Waals surface area contributed by atoms with Gasteiger partial charge in [-0.15, -0.1) is 11.8 Å². The number of carbonyl (C=O) groups is 4. The molecule has 3 amide bonds. The summed E-state index contributed by atoms with van der Waals surface area (Å²) in [4.78, 5) is 50.6. The molecule has 0 saturated heterocycles. The number of alkyl carbamates (subject to hydrolysis) is 1. The van der Waals surface area contributed by atoms with E-state index in [0.29, 0.717) is 0 Å². The average Bonchev–Trinajstić information content (AvgIpc) is 3.08. The first-order valence-corrected chi connectivity index (χ1v) is 15.3. The lowest BCUT2D eigenvalue weighted by Crippen LogP contribution is -2.50. The van der Waals surface area contributed by atoms with E-state index in [2.05, 4.69) is 10.6 Å². The van der Waals surface area contributed by atoms with Crippen LogP contribution in [0.25, 0.3) is 0 Å². The third-order valence-corrected chi connectivity index (χ3v) is 8.71. The van der Waals surface area contributed by atoms with Crippen molar-refractivity contribution < 1.29 is 28.7 Å². The van der Waals surface area contributed by atoms with Crippen molar-refractivity contribution in [1.29, 1.82) is 0 Å². The molecular formula is C35H35N3O6S. The molecule has 0 aromatic heterocycles. The minimum Gasteiger partial charge on any atom is -0.467 e. The predicted octanol–water partition coefficient (Wildman–Crippen LogP) is 4.54. The van der Waals surface area contributed by atoms with Gasteiger partial charge in [-0.3, -0.25) is 9.59 Å². The van der Waals surface area contributed by atoms with E-state index in [-0.39, 0.29) is 12.4 Å². The predicted molar refractivity (Wildman–Crippen MR) is 173 cm³/mol. The Labute approximate surface area is 266 Å². The first kappa shape index (κ1) is 32.8. The highest BCUT2D eigenvalue weighted by Crippen LogP contribution is 2.48. The Bertz CT molecular complexity index is 1460. The number of hydrogen-bond donors (Lipinski definition) is 3. The Morgan fingerprint density at radius 2 is 1.18 bits per heavy atom. The van der Waals surface area contributed by atoms with Crippen LogP contribution in [-0.4, -0.2) is 48.8 Å². The van der Waals surface area contributed by atoms with E-state index >= 15 is 0 Å². The van der Waals surface area contributed by atoms with E-state index in [4.69, 9.17) is 15.2 Å². The van der Waals surface area contributed by atoms with Gasteiger partial charge < -0.3 is 25.8 Å². The second-order valence-electron chi connectivity index (χ2n) is 10.1. The Hall–Kier alpha value is -5.09. The molecule has 0 radical (unpaired) electrons. The van der Waals surface area contributed by atoms with E-state index in [1.807, 2.05) is 97.1 Å². The number of rotatable bonds is 14. The van der Waals surface area contributed by atoms with Gasteiger partial charge in [0.05, 0.1) is 18.3 Å². The van der Waals surface area contributed by atoms with E-state index in [1.54, 1.807) is 24.3 Å². The molecule has 0 unspecified atom stereocenters. The van der Waals surface area contributed by atoms with Crippen molar-refractivity contribution in [2.45, 2.75) is 29.9 Å². The molecule has 0 heterocycles. The number of primary amides is 1. The van der Waals surface area contributed by atoms with Crippen molar-refractivity contribution >= 4 is 35.6 Å². The van der Waals surface area contributed by atoms with Gasteiger partial charge in [-0.25, -0.2) is 9.59 Å². The molecule has 0 spiro atoms. The van der Waals surface area contributed by atoms with E-state index in [1.165, 1.54) is 18.9 Å². The molecule has 10 heteroatoms. The van der Waals surface area contributed by atoms with Crippen LogP contribution in [0.15, 0.2) is 121 Å². The molecule has 0 fully saturated rings. The Morgan fingerprint density at radius 1 is 0.711 bits per heavy atom. The lowest BCUT2D eigenvalue weighted by atomic mass is 9.84. The molecule has 4 N–H and O–H groups in total. The smallest absolute Gasteiger partial charge is 0.408 e. The largest absolute Gasteiger partial charge is 0.467 e. The zero-order valence-corrected chi connectivity index (χ0v) is 25.6. The van der Waals surface area contributed by atoms with Gasteiger partial charge in [0.2, 0.25) is 11.8 Å². The molecule has 9 nitrogen and oxygen atoms in total. The van der Waals surface area contributed by atoms with Crippen LogP contribution in [0.2, 0.25) is 0 Å². The van der Waals surface area contributed by atoms with Crippen LogP contribution < -0.4 is 16.4 Å². The summed E-state index contributed by atoms with van der Waals surface area (Å²) < 4.78 is 9.45. The molecular weight excluding hydrogens is 590 g/mol. The molecule has 4 rings (SSSR count). The second-order valence-corrected chi connectivity index (χ2v) is 11.3. The first-order chi connectivity index (χ1) is 21.8. The number of amides is 3. The van der Waals surface area contributed by atoms with Crippen LogP contribution in [0.4, 0.5) is 4.79 Å². The Balaban J connectivity index is 1.53. The van der Waals surface area contributed by atoms with Gasteiger partial charge in [0.25, 0.3) is 0 Å². The lowest BCUT2D eigenvalue weighted by molar-refractivity contribution is -0.144. The highest BCUT2D eigenvalue weighted by atomic mass is 32.2. The van der Waals surface area contributed by atoms with Crippen molar-refractivity contribution in [2.24, 2.45) is 5.73 Å². The van der Waals surface area contributed by atoms with Gasteiger partial charge >= 0.3 is 12.1 Å². The van der Waals surface area contributed by atoms with E-state index < -0.39 is 47.1 Å². The number of hydrogen-bond acceptors (Lipinski definition) is 7. The number of esters is 1. The summed E-state index contributed by atoms with van der Waals surface area (Å²) in [6.07, 6.45) is -1.41. The maximum atomic E-state index is 13.2. The first-order valence-electron chi connectivity index (χ1n) is 14.3. The van der Waals surface area contributed by atoms with Gasteiger partial charge in [0.1, 0.15) is 18.7 Å². The normalized spacial score (nSPS) is 12.3. The van der Waals surface area contributed by atoms with Gasteiger partial charge in [0, 0.05) is 5.75 Å². The quantitative estimate of drug-likeness (QED) is 0.138. The van der Waals surface area contributed by atoms with Gasteiger partial charge in [-0.1, -0.05) is 121 Å². The molecule has 2 atom stereocenters. The highest BCUT2D eigenvalue weighted by molar-refractivity contribution is 8.00. The van der Waals surface area contributed by atoms with Crippen LogP contribution in [0.3, 0.4) is 0 Å². The van der Waals surface area contributed by atoms with Crippen LogP contribution in [-0.2, 0) is 35.2 Å². The third-order valence-electron chi connectivity index (χ3n) is 7.07. The fourth-order valence-electron chi connectivity index (χ4n) is 4.86. The molecule has 4 aromatic rings. The summed E-state index contributed by atoms with van der Waals surface area (Å²) in [6.45, 7) is -0.0298. The maximum Gasteiger partial charge on any atom is 0.408 e. The topological polar surface area (TPSA) is 137 Å². The van der Waals surface area contributed by atoms with Crippen molar-refractivity contribution in [3.05, 3.63) is 144 Å². The average molecular weight is 626 g/mol. The molecule has 0 saturated carbocycles. The molecule has 0 bridgehead atoms. The molecule has 4 aromatic carbocycles. The standard InChI is InChI=1S/C35H35N3O6S/c1-43-33(41)30(37-31(39)22-29(32(36)40)38-34(42)44-23-25-14-6-2-7-15-25)24-45-35(26-16-8-3-9-17-26,27-18-10-4-11-19-27)28-20-12-5-13-21-28/h2-21,29-30H,22-24H2,1H3,(H2,36,40)(H,37,39)(H,38,42)/t29-,30+/m1/s1. The number of nitrogens with two attached hydrogens (primary N) is 1. The lowest BCUT2D eigenvalue weighted by Gasteiger charge is -2.36. The van der Waals surface area contributed by atoms with Crippen molar-refractivity contribution in [3.63, 3.8) is 0 Å². The van der Waals surface area contributed by atoms with Crippen LogP contribution in [0.1, 0.15) is 28.7 Å². The summed E-state index contributed by atoms with van der Waals surface area (Å²) in [5.41, 5.74) is 9.17. The zero-order valence-electron chi connectivity index (χ0n) is 24.8. The van der Waals surface area contributed by atoms with Gasteiger partial charge in [0.15, 0.2) is 0 Å². The van der Waals surface area contributed by atoms with Gasteiger partial charge in [-0.2, -0.15) is 0 Å². The number of nitrogens with one attached hydrogen (secondary N) is 2. The molecule has 0 aliphatic heterocycles. The Morgan fingerprint density at radius 3 is 1.62 bits per heavy atom. The fraction of sp³-hybridized carbons (Fsp3) is 0.200. The Kier molecular flexibility index (Phi) is 11.8. The summed E-state index contributed by atoms with van der Waals surface area (Å²) in [7, 11) is 1.24. The molecule has 0 aliphatic rings. The van der Waals surface area contributed by atoms with Crippen LogP contribution >= 0.6 is 11.8 Å².